The Hall–Kier alpha value is -0.457. The van der Waals surface area contributed by atoms with Gasteiger partial charge in [-0.15, -0.1) is 28.5 Å². The van der Waals surface area contributed by atoms with E-state index in [-0.39, 0.29) is 26.2 Å². The molecule has 124 valence electrons. The minimum Gasteiger partial charge on any atom is -0.213 e. The zero-order valence-corrected chi connectivity index (χ0v) is 18.7. The fraction of sp³-hybridized carbons (Fsp3) is 0.364. The smallest absolute Gasteiger partial charge is 0.213 e. The Labute approximate surface area is 173 Å². The number of aryl methyl sites for hydroxylation is 3. The van der Waals surface area contributed by atoms with Crippen LogP contribution in [-0.2, 0) is 45.5 Å². The predicted molar refractivity (Wildman–Crippen MR) is 105 cm³/mol. The van der Waals surface area contributed by atoms with E-state index < -0.39 is 0 Å². The summed E-state index contributed by atoms with van der Waals surface area (Å²) in [5.74, 6) is 0. The van der Waals surface area contributed by atoms with E-state index >= 15 is 0 Å². The van der Waals surface area contributed by atoms with Gasteiger partial charge in [0.15, 0.2) is 0 Å². The van der Waals surface area contributed by atoms with Crippen molar-refractivity contribution < 1.29 is 26.2 Å². The number of hydrogen-bond donors (Lipinski definition) is 0. The molecule has 1 aliphatic carbocycles. The van der Waals surface area contributed by atoms with Gasteiger partial charge >= 0.3 is 26.2 Å². The fourth-order valence-corrected chi connectivity index (χ4v) is 4.27. The van der Waals surface area contributed by atoms with Crippen molar-refractivity contribution >= 4 is 26.7 Å². The number of fused-ring (bicyclic) bond motifs is 2. The monoisotopic (exact) mass is 458 g/mol. The van der Waals surface area contributed by atoms with Gasteiger partial charge in [-0.25, -0.2) is 12.1 Å². The molecule has 0 aliphatic heterocycles. The zero-order valence-electron chi connectivity index (χ0n) is 14.7. The van der Waals surface area contributed by atoms with Gasteiger partial charge in [0.05, 0.1) is 0 Å². The molecule has 3 aromatic rings. The topological polar surface area (TPSA) is 0 Å². The van der Waals surface area contributed by atoms with Crippen molar-refractivity contribution in [2.45, 2.75) is 52.4 Å². The van der Waals surface area contributed by atoms with E-state index in [1.807, 2.05) is 0 Å². The molecule has 1 aliphatic rings. The second kappa shape index (κ2) is 9.30. The summed E-state index contributed by atoms with van der Waals surface area (Å²) < 4.78 is 1.34. The van der Waals surface area contributed by atoms with Crippen molar-refractivity contribution in [2.24, 2.45) is 0 Å². The molecular formula is C22H25BrZr. The molecular weight excluding hydrogens is 435 g/mol. The van der Waals surface area contributed by atoms with Crippen LogP contribution in [0.4, 0.5) is 0 Å². The summed E-state index contributed by atoms with van der Waals surface area (Å²) in [6, 6.07) is 15.5. The van der Waals surface area contributed by atoms with Crippen LogP contribution in [0.25, 0.3) is 10.8 Å². The number of hydrogen-bond acceptors (Lipinski definition) is 0. The molecule has 0 fully saturated rings. The van der Waals surface area contributed by atoms with Gasteiger partial charge in [0.25, 0.3) is 0 Å². The molecule has 0 spiro atoms. The van der Waals surface area contributed by atoms with E-state index in [1.54, 1.807) is 11.1 Å². The molecule has 0 saturated carbocycles. The van der Waals surface area contributed by atoms with Crippen LogP contribution >= 0.6 is 15.9 Å². The van der Waals surface area contributed by atoms with Crippen LogP contribution in [0.3, 0.4) is 0 Å². The van der Waals surface area contributed by atoms with Crippen molar-refractivity contribution in [3.05, 3.63) is 69.2 Å². The van der Waals surface area contributed by atoms with E-state index in [2.05, 4.69) is 72.2 Å². The van der Waals surface area contributed by atoms with Crippen molar-refractivity contribution in [3.8, 4) is 0 Å². The van der Waals surface area contributed by atoms with Crippen LogP contribution < -0.4 is 0 Å². The molecule has 0 saturated heterocycles. The van der Waals surface area contributed by atoms with Crippen molar-refractivity contribution in [3.63, 3.8) is 0 Å². The summed E-state index contributed by atoms with van der Waals surface area (Å²) >= 11 is 3.75. The normalized spacial score (nSPS) is 12.5. The van der Waals surface area contributed by atoms with E-state index in [0.29, 0.717) is 0 Å². The molecule has 4 rings (SSSR count). The van der Waals surface area contributed by atoms with Crippen LogP contribution in [0.5, 0.6) is 0 Å². The molecule has 3 aromatic carbocycles. The summed E-state index contributed by atoms with van der Waals surface area (Å²) in [5.41, 5.74) is 5.94. The Morgan fingerprint density at radius 1 is 1.17 bits per heavy atom. The Morgan fingerprint density at radius 3 is 2.62 bits per heavy atom. The van der Waals surface area contributed by atoms with Crippen LogP contribution in [0.1, 0.15) is 48.4 Å². The van der Waals surface area contributed by atoms with Crippen molar-refractivity contribution in [2.75, 3.05) is 0 Å². The molecule has 0 aromatic heterocycles. The SMILES string of the molecule is CCCC[c-]1cccc1.Cc1cc2c(Br)c3c(cc2[cH-]1)CCC3.[Zr+2]. The van der Waals surface area contributed by atoms with Gasteiger partial charge in [-0.05, 0) is 29.3 Å². The van der Waals surface area contributed by atoms with Crippen molar-refractivity contribution in [1.82, 2.24) is 0 Å². The third-order valence-corrected chi connectivity index (χ3v) is 5.61. The van der Waals surface area contributed by atoms with Gasteiger partial charge in [0, 0.05) is 0 Å². The third kappa shape index (κ3) is 4.58. The minimum atomic E-state index is 0. The summed E-state index contributed by atoms with van der Waals surface area (Å²) in [4.78, 5) is 0. The molecule has 0 heterocycles. The zero-order chi connectivity index (χ0) is 16.2. The number of benzene rings is 1. The first-order chi connectivity index (χ1) is 11.2. The average molecular weight is 461 g/mol. The van der Waals surface area contributed by atoms with Gasteiger partial charge in [-0.2, -0.15) is 23.8 Å². The first-order valence-corrected chi connectivity index (χ1v) is 9.56. The first-order valence-electron chi connectivity index (χ1n) is 8.77. The van der Waals surface area contributed by atoms with Gasteiger partial charge in [0.2, 0.25) is 0 Å². The van der Waals surface area contributed by atoms with E-state index in [1.165, 1.54) is 64.9 Å². The Morgan fingerprint density at radius 2 is 1.92 bits per heavy atom. The summed E-state index contributed by atoms with van der Waals surface area (Å²) in [6.45, 7) is 4.39. The molecule has 0 radical (unpaired) electrons. The molecule has 0 nitrogen and oxygen atoms in total. The Kier molecular flexibility index (Phi) is 7.70. The second-order valence-corrected chi connectivity index (χ2v) is 7.41. The molecule has 24 heavy (non-hydrogen) atoms. The maximum absolute atomic E-state index is 3.75. The number of halogens is 1. The molecule has 0 amide bonds. The molecule has 2 heteroatoms. The van der Waals surface area contributed by atoms with Crippen LogP contribution in [0.15, 0.2) is 46.9 Å². The third-order valence-electron chi connectivity index (χ3n) is 4.71. The Bertz CT molecular complexity index is 765. The molecule has 0 N–H and O–H groups in total. The molecule has 0 unspecified atom stereocenters. The van der Waals surface area contributed by atoms with Crippen LogP contribution in [-0.4, -0.2) is 0 Å². The Balaban J connectivity index is 0.000000183. The van der Waals surface area contributed by atoms with Gasteiger partial charge < -0.3 is 0 Å². The summed E-state index contributed by atoms with van der Waals surface area (Å²) in [6.07, 6.45) is 7.70. The largest absolute Gasteiger partial charge is 2.00 e. The van der Waals surface area contributed by atoms with Gasteiger partial charge in [-0.1, -0.05) is 54.6 Å². The van der Waals surface area contributed by atoms with Crippen molar-refractivity contribution in [1.29, 1.82) is 0 Å². The van der Waals surface area contributed by atoms with Gasteiger partial charge in [-0.3, -0.25) is 0 Å². The van der Waals surface area contributed by atoms with E-state index in [4.69, 9.17) is 0 Å². The number of unbranched alkanes of at least 4 members (excludes halogenated alkanes) is 1. The summed E-state index contributed by atoms with van der Waals surface area (Å²) in [5, 5.41) is 2.79. The van der Waals surface area contributed by atoms with Crippen LogP contribution in [0.2, 0.25) is 0 Å². The molecule has 0 atom stereocenters. The quantitative estimate of drug-likeness (QED) is 0.375. The first kappa shape index (κ1) is 19.9. The van der Waals surface area contributed by atoms with Gasteiger partial charge in [0.1, 0.15) is 0 Å². The second-order valence-electron chi connectivity index (χ2n) is 6.61. The fourth-order valence-electron chi connectivity index (χ4n) is 3.47. The standard InChI is InChI=1S/C13H12Br.C9H13.Zr/c1-8-5-10-7-9-3-2-4-11(9)13(14)12(10)6-8;1-2-3-6-9-7-4-5-8-9;/h5-7H,2-4H2,1H3;4-5,7-8H,2-3,6H2,1H3;/q2*-1;+2. The summed E-state index contributed by atoms with van der Waals surface area (Å²) in [7, 11) is 0. The maximum Gasteiger partial charge on any atom is 2.00 e. The van der Waals surface area contributed by atoms with Crippen LogP contribution in [0, 0.1) is 6.92 Å². The average Bonchev–Trinajstić information content (AvgIpc) is 3.26. The van der Waals surface area contributed by atoms with E-state index in [0.717, 1.165) is 0 Å². The maximum atomic E-state index is 3.75. The van der Waals surface area contributed by atoms with E-state index in [9.17, 15) is 0 Å². The number of rotatable bonds is 3. The molecule has 0 bridgehead atoms. The minimum absolute atomic E-state index is 0. The predicted octanol–water partition coefficient (Wildman–Crippen LogP) is 6.86.